The Morgan fingerprint density at radius 3 is 1.88 bits per heavy atom. The van der Waals surface area contributed by atoms with Gasteiger partial charge in [0.2, 0.25) is 0 Å². The van der Waals surface area contributed by atoms with E-state index in [1.807, 2.05) is 6.92 Å². The van der Waals surface area contributed by atoms with E-state index in [2.05, 4.69) is 19.2 Å². The predicted molar refractivity (Wildman–Crippen MR) is 68.2 cm³/mol. The highest BCUT2D eigenvalue weighted by atomic mass is 16.1. The average molecular weight is 233 g/mol. The molecule has 1 atom stereocenters. The van der Waals surface area contributed by atoms with Crippen molar-refractivity contribution in [3.8, 4) is 0 Å². The largest absolute Gasteiger partial charge is 0.349 e. The third-order valence-electron chi connectivity index (χ3n) is 2.91. The Morgan fingerprint density at radius 1 is 1.00 bits per heavy atom. The highest BCUT2D eigenvalue weighted by molar-refractivity contribution is 5.97. The molecule has 17 heavy (non-hydrogen) atoms. The summed E-state index contributed by atoms with van der Waals surface area (Å²) in [6.07, 6.45) is 0. The van der Waals surface area contributed by atoms with E-state index in [0.29, 0.717) is 17.0 Å². The van der Waals surface area contributed by atoms with E-state index in [-0.39, 0.29) is 17.7 Å². The zero-order valence-corrected chi connectivity index (χ0v) is 10.8. The predicted octanol–water partition coefficient (Wildman–Crippen LogP) is 2.66. The van der Waals surface area contributed by atoms with Crippen LogP contribution in [-0.4, -0.2) is 17.7 Å². The quantitative estimate of drug-likeness (QED) is 0.813. The molecule has 0 saturated carbocycles. The summed E-state index contributed by atoms with van der Waals surface area (Å²) >= 11 is 0. The molecule has 0 aliphatic rings. The van der Waals surface area contributed by atoms with Crippen LogP contribution in [0.5, 0.6) is 0 Å². The Labute approximate surface area is 102 Å². The van der Waals surface area contributed by atoms with E-state index >= 15 is 0 Å². The Kier molecular flexibility index (Phi) is 4.44. The lowest BCUT2D eigenvalue weighted by Crippen LogP contribution is -2.36. The number of carbonyl (C=O) groups is 2. The first-order chi connectivity index (χ1) is 7.91. The van der Waals surface area contributed by atoms with Crippen molar-refractivity contribution in [2.24, 2.45) is 5.92 Å². The molecule has 3 heteroatoms. The molecule has 1 N–H and O–H groups in total. The molecule has 0 fully saturated rings. The van der Waals surface area contributed by atoms with Crippen LogP contribution in [0.15, 0.2) is 24.3 Å². The Hall–Kier alpha value is -1.64. The van der Waals surface area contributed by atoms with Crippen LogP contribution in [0.1, 0.15) is 48.4 Å². The van der Waals surface area contributed by atoms with Crippen LogP contribution in [0.3, 0.4) is 0 Å². The lowest BCUT2D eigenvalue weighted by Gasteiger charge is -2.17. The Morgan fingerprint density at radius 2 is 1.47 bits per heavy atom. The highest BCUT2D eigenvalue weighted by Crippen LogP contribution is 2.07. The smallest absolute Gasteiger partial charge is 0.251 e. The van der Waals surface area contributed by atoms with Crippen molar-refractivity contribution in [3.05, 3.63) is 35.4 Å². The van der Waals surface area contributed by atoms with Gasteiger partial charge in [-0.25, -0.2) is 0 Å². The maximum atomic E-state index is 11.8. The summed E-state index contributed by atoms with van der Waals surface area (Å²) in [5.74, 6) is 0.309. The fraction of sp³-hybridized carbons (Fsp3) is 0.429. The molecule has 1 aromatic carbocycles. The maximum Gasteiger partial charge on any atom is 0.251 e. The van der Waals surface area contributed by atoms with Gasteiger partial charge in [0.15, 0.2) is 5.78 Å². The average Bonchev–Trinajstić information content (AvgIpc) is 2.28. The van der Waals surface area contributed by atoms with Gasteiger partial charge in [-0.05, 0) is 31.9 Å². The molecule has 1 unspecified atom stereocenters. The van der Waals surface area contributed by atoms with Gasteiger partial charge in [-0.15, -0.1) is 0 Å². The van der Waals surface area contributed by atoms with E-state index < -0.39 is 0 Å². The van der Waals surface area contributed by atoms with Crippen molar-refractivity contribution in [1.82, 2.24) is 5.32 Å². The molecule has 0 heterocycles. The van der Waals surface area contributed by atoms with Gasteiger partial charge < -0.3 is 5.32 Å². The summed E-state index contributed by atoms with van der Waals surface area (Å²) < 4.78 is 0. The first-order valence-corrected chi connectivity index (χ1v) is 5.83. The molecule has 3 nitrogen and oxygen atoms in total. The van der Waals surface area contributed by atoms with Crippen molar-refractivity contribution >= 4 is 11.7 Å². The van der Waals surface area contributed by atoms with E-state index in [1.54, 1.807) is 24.3 Å². The second kappa shape index (κ2) is 5.62. The molecule has 0 aromatic heterocycles. The summed E-state index contributed by atoms with van der Waals surface area (Å²) in [4.78, 5) is 22.9. The van der Waals surface area contributed by atoms with Gasteiger partial charge in [0.1, 0.15) is 0 Å². The van der Waals surface area contributed by atoms with Gasteiger partial charge in [-0.2, -0.15) is 0 Å². The summed E-state index contributed by atoms with van der Waals surface area (Å²) in [5.41, 5.74) is 1.21. The number of rotatable bonds is 4. The van der Waals surface area contributed by atoms with Gasteiger partial charge >= 0.3 is 0 Å². The van der Waals surface area contributed by atoms with Crippen LogP contribution in [0.2, 0.25) is 0 Å². The summed E-state index contributed by atoms with van der Waals surface area (Å²) in [6.45, 7) is 7.61. The molecule has 0 bridgehead atoms. The van der Waals surface area contributed by atoms with Gasteiger partial charge in [-0.3, -0.25) is 9.59 Å². The Bertz CT molecular complexity index is 407. The zero-order chi connectivity index (χ0) is 13.0. The van der Waals surface area contributed by atoms with Gasteiger partial charge in [0.05, 0.1) is 0 Å². The maximum absolute atomic E-state index is 11.8. The topological polar surface area (TPSA) is 46.2 Å². The van der Waals surface area contributed by atoms with Gasteiger partial charge in [0.25, 0.3) is 5.91 Å². The van der Waals surface area contributed by atoms with Crippen molar-refractivity contribution in [2.75, 3.05) is 0 Å². The van der Waals surface area contributed by atoms with E-state index in [1.165, 1.54) is 6.92 Å². The fourth-order valence-electron chi connectivity index (χ4n) is 1.31. The van der Waals surface area contributed by atoms with Crippen LogP contribution in [0, 0.1) is 5.92 Å². The number of ketones is 1. The Balaban J connectivity index is 2.73. The fourth-order valence-corrected chi connectivity index (χ4v) is 1.31. The highest BCUT2D eigenvalue weighted by Gasteiger charge is 2.12. The first-order valence-electron chi connectivity index (χ1n) is 5.83. The minimum absolute atomic E-state index is 0.00695. The summed E-state index contributed by atoms with van der Waals surface area (Å²) in [6, 6.07) is 6.85. The van der Waals surface area contributed by atoms with Crippen LogP contribution >= 0.6 is 0 Å². The lowest BCUT2D eigenvalue weighted by molar-refractivity contribution is 0.0929. The number of Topliss-reactive ketones (excluding diaryl/α,β-unsaturated/α-hetero) is 1. The molecule has 0 spiro atoms. The molecular formula is C14H19NO2. The molecule has 0 aliphatic carbocycles. The van der Waals surface area contributed by atoms with Gasteiger partial charge in [0, 0.05) is 17.2 Å². The number of amides is 1. The zero-order valence-electron chi connectivity index (χ0n) is 10.8. The number of benzene rings is 1. The van der Waals surface area contributed by atoms with Gasteiger partial charge in [-0.1, -0.05) is 26.0 Å². The number of nitrogens with one attached hydrogen (secondary N) is 1. The lowest BCUT2D eigenvalue weighted by atomic mass is 10.0. The minimum atomic E-state index is -0.0960. The molecular weight excluding hydrogens is 214 g/mol. The molecule has 0 saturated heterocycles. The number of hydrogen-bond donors (Lipinski definition) is 1. The van der Waals surface area contributed by atoms with E-state index in [0.717, 1.165) is 0 Å². The van der Waals surface area contributed by atoms with Crippen molar-refractivity contribution in [2.45, 2.75) is 33.7 Å². The first kappa shape index (κ1) is 13.4. The standard InChI is InChI=1S/C14H19NO2/c1-9(2)10(3)15-14(17)13-7-5-12(6-8-13)11(4)16/h5-10H,1-4H3,(H,15,17). The van der Waals surface area contributed by atoms with Crippen LogP contribution in [0.25, 0.3) is 0 Å². The van der Waals surface area contributed by atoms with Crippen LogP contribution in [0.4, 0.5) is 0 Å². The molecule has 0 radical (unpaired) electrons. The molecule has 1 amide bonds. The molecule has 92 valence electrons. The summed E-state index contributed by atoms with van der Waals surface area (Å²) in [5, 5.41) is 2.92. The third kappa shape index (κ3) is 3.70. The molecule has 0 aliphatic heterocycles. The normalized spacial score (nSPS) is 12.3. The van der Waals surface area contributed by atoms with E-state index in [4.69, 9.17) is 0 Å². The van der Waals surface area contributed by atoms with E-state index in [9.17, 15) is 9.59 Å². The number of hydrogen-bond acceptors (Lipinski definition) is 2. The van der Waals surface area contributed by atoms with Crippen LogP contribution < -0.4 is 5.32 Å². The second-order valence-corrected chi connectivity index (χ2v) is 4.64. The second-order valence-electron chi connectivity index (χ2n) is 4.64. The monoisotopic (exact) mass is 233 g/mol. The minimum Gasteiger partial charge on any atom is -0.349 e. The van der Waals surface area contributed by atoms with Crippen LogP contribution in [-0.2, 0) is 0 Å². The third-order valence-corrected chi connectivity index (χ3v) is 2.91. The van der Waals surface area contributed by atoms with Crippen molar-refractivity contribution in [3.63, 3.8) is 0 Å². The van der Waals surface area contributed by atoms with Crippen molar-refractivity contribution < 1.29 is 9.59 Å². The van der Waals surface area contributed by atoms with Crippen molar-refractivity contribution in [1.29, 1.82) is 0 Å². The molecule has 1 aromatic rings. The number of carbonyl (C=O) groups excluding carboxylic acids is 2. The molecule has 1 rings (SSSR count). The summed E-state index contributed by atoms with van der Waals surface area (Å²) in [7, 11) is 0. The SMILES string of the molecule is CC(=O)c1ccc(C(=O)NC(C)C(C)C)cc1.